The molecule has 3 aromatic rings. The van der Waals surface area contributed by atoms with E-state index >= 15 is 0 Å². The number of amides is 3. The zero-order valence-electron chi connectivity index (χ0n) is 22.0. The fourth-order valence-electron chi connectivity index (χ4n) is 4.95. The van der Waals surface area contributed by atoms with Crippen LogP contribution >= 0.6 is 0 Å². The highest BCUT2D eigenvalue weighted by atomic mass is 16.3. The molecule has 39 heavy (non-hydrogen) atoms. The van der Waals surface area contributed by atoms with Crippen LogP contribution in [0.15, 0.2) is 52.0 Å². The van der Waals surface area contributed by atoms with Crippen LogP contribution in [0.1, 0.15) is 48.2 Å². The molecular weight excluding hydrogens is 498 g/mol. The van der Waals surface area contributed by atoms with Gasteiger partial charge in [-0.1, -0.05) is 0 Å². The van der Waals surface area contributed by atoms with E-state index in [0.717, 1.165) is 55.5 Å². The molecule has 0 bridgehead atoms. The molecule has 204 valence electrons. The quantitative estimate of drug-likeness (QED) is 0.339. The number of carbonyl (C=O) groups excluding carboxylic acids is 3. The molecule has 0 spiro atoms. The zero-order chi connectivity index (χ0) is 27.4. The van der Waals surface area contributed by atoms with Crippen molar-refractivity contribution in [2.45, 2.75) is 45.1 Å². The molecular formula is C28H33N7O4. The second-order valence-electron chi connectivity index (χ2n) is 10.00. The van der Waals surface area contributed by atoms with Crippen LogP contribution in [0.2, 0.25) is 0 Å². The smallest absolute Gasteiger partial charge is 0.259 e. The first kappa shape index (κ1) is 26.2. The number of benzene rings is 1. The lowest BCUT2D eigenvalue weighted by Crippen LogP contribution is -2.45. The Morgan fingerprint density at radius 3 is 2.67 bits per heavy atom. The second-order valence-corrected chi connectivity index (χ2v) is 10.00. The van der Waals surface area contributed by atoms with Crippen LogP contribution in [0.4, 0.5) is 11.5 Å². The summed E-state index contributed by atoms with van der Waals surface area (Å²) in [6, 6.07) is 9.81. The summed E-state index contributed by atoms with van der Waals surface area (Å²) >= 11 is 0. The Morgan fingerprint density at radius 2 is 1.90 bits per heavy atom. The summed E-state index contributed by atoms with van der Waals surface area (Å²) < 4.78 is 5.66. The Hall–Kier alpha value is -4.41. The summed E-state index contributed by atoms with van der Waals surface area (Å²) in [5, 5.41) is 6.85. The highest BCUT2D eigenvalue weighted by molar-refractivity contribution is 6.10. The van der Waals surface area contributed by atoms with Crippen molar-refractivity contribution in [1.82, 2.24) is 20.1 Å². The van der Waals surface area contributed by atoms with Crippen LogP contribution in [0.5, 0.6) is 0 Å². The largest absolute Gasteiger partial charge is 0.461 e. The standard InChI is InChI=1S/C28H33N7O4/c1-18-14-20-15-21(8-9-23(20)39-18)31-28(33-26(37)19-7-10-24(29)30-16-19)32-22-6-2-3-13-35(27(22)38)17-25(36)34-11-4-5-12-34/h7-10,14-16,22H,2-6,11-13,17H2,1H3,(H2,29,30)(H2,31,32,33,37). The maximum Gasteiger partial charge on any atom is 0.259 e. The lowest BCUT2D eigenvalue weighted by Gasteiger charge is -2.25. The van der Waals surface area contributed by atoms with Gasteiger partial charge in [-0.2, -0.15) is 0 Å². The van der Waals surface area contributed by atoms with Crippen molar-refractivity contribution in [2.75, 3.05) is 37.2 Å². The molecule has 11 nitrogen and oxygen atoms in total. The molecule has 1 atom stereocenters. The van der Waals surface area contributed by atoms with Gasteiger partial charge in [0.2, 0.25) is 17.8 Å². The number of likely N-dealkylation sites (tertiary alicyclic amines) is 2. The third-order valence-corrected chi connectivity index (χ3v) is 7.00. The van der Waals surface area contributed by atoms with Crippen LogP contribution in [-0.2, 0) is 9.59 Å². The molecule has 4 N–H and O–H groups in total. The van der Waals surface area contributed by atoms with Crippen LogP contribution in [0.25, 0.3) is 11.0 Å². The maximum absolute atomic E-state index is 13.5. The Morgan fingerprint density at radius 1 is 1.10 bits per heavy atom. The molecule has 1 aromatic carbocycles. The summed E-state index contributed by atoms with van der Waals surface area (Å²) in [6.07, 6.45) is 5.44. The Balaban J connectivity index is 1.39. The van der Waals surface area contributed by atoms with Crippen molar-refractivity contribution in [3.63, 3.8) is 0 Å². The average molecular weight is 532 g/mol. The summed E-state index contributed by atoms with van der Waals surface area (Å²) in [7, 11) is 0. The number of fused-ring (bicyclic) bond motifs is 1. The van der Waals surface area contributed by atoms with Gasteiger partial charge in [0.05, 0.1) is 12.1 Å². The summed E-state index contributed by atoms with van der Waals surface area (Å²) in [5.74, 6) is 0.515. The first-order valence-corrected chi connectivity index (χ1v) is 13.3. The van der Waals surface area contributed by atoms with Gasteiger partial charge in [-0.05, 0) is 75.4 Å². The monoisotopic (exact) mass is 531 g/mol. The van der Waals surface area contributed by atoms with Gasteiger partial charge in [0, 0.05) is 36.9 Å². The minimum absolute atomic E-state index is 0.0308. The number of aryl methyl sites for hydroxylation is 1. The molecule has 0 radical (unpaired) electrons. The Bertz CT molecular complexity index is 1390. The molecule has 0 aliphatic carbocycles. The molecule has 1 unspecified atom stereocenters. The van der Waals surface area contributed by atoms with Crippen LogP contribution in [0.3, 0.4) is 0 Å². The van der Waals surface area contributed by atoms with E-state index in [9.17, 15) is 14.4 Å². The zero-order valence-corrected chi connectivity index (χ0v) is 22.0. The van der Waals surface area contributed by atoms with E-state index in [4.69, 9.17) is 10.2 Å². The number of guanidine groups is 1. The van der Waals surface area contributed by atoms with Crippen molar-refractivity contribution < 1.29 is 18.8 Å². The van der Waals surface area contributed by atoms with Gasteiger partial charge < -0.3 is 25.3 Å². The number of nitrogens with one attached hydrogen (secondary N) is 2. The van der Waals surface area contributed by atoms with Gasteiger partial charge in [0.1, 0.15) is 23.2 Å². The maximum atomic E-state index is 13.5. The Kier molecular flexibility index (Phi) is 7.76. The molecule has 2 aromatic heterocycles. The van der Waals surface area contributed by atoms with E-state index in [1.54, 1.807) is 17.0 Å². The molecule has 3 amide bonds. The third kappa shape index (κ3) is 6.36. The number of pyridine rings is 1. The predicted molar refractivity (Wildman–Crippen MR) is 148 cm³/mol. The van der Waals surface area contributed by atoms with Crippen LogP contribution in [-0.4, -0.2) is 70.7 Å². The summed E-state index contributed by atoms with van der Waals surface area (Å²) in [5.41, 5.74) is 7.37. The van der Waals surface area contributed by atoms with E-state index in [2.05, 4.69) is 20.6 Å². The number of nitrogen functional groups attached to an aromatic ring is 1. The highest BCUT2D eigenvalue weighted by Gasteiger charge is 2.30. The molecule has 2 saturated heterocycles. The molecule has 4 heterocycles. The number of rotatable bonds is 5. The second kappa shape index (κ2) is 11.5. The van der Waals surface area contributed by atoms with Crippen molar-refractivity contribution in [2.24, 2.45) is 4.99 Å². The third-order valence-electron chi connectivity index (χ3n) is 7.00. The highest BCUT2D eigenvalue weighted by Crippen LogP contribution is 2.23. The van der Waals surface area contributed by atoms with Gasteiger partial charge in [0.25, 0.3) is 5.91 Å². The summed E-state index contributed by atoms with van der Waals surface area (Å²) in [6.45, 7) is 3.91. The van der Waals surface area contributed by atoms with E-state index in [0.29, 0.717) is 30.0 Å². The predicted octanol–water partition coefficient (Wildman–Crippen LogP) is 2.92. The molecule has 2 aliphatic rings. The van der Waals surface area contributed by atoms with Gasteiger partial charge in [-0.25, -0.2) is 9.98 Å². The molecule has 5 rings (SSSR count). The number of furan rings is 1. The van der Waals surface area contributed by atoms with Crippen molar-refractivity contribution in [1.29, 1.82) is 0 Å². The topological polar surface area (TPSA) is 146 Å². The Labute approximate surface area is 226 Å². The van der Waals surface area contributed by atoms with E-state index in [1.807, 2.05) is 36.1 Å². The fourth-order valence-corrected chi connectivity index (χ4v) is 4.95. The minimum Gasteiger partial charge on any atom is -0.461 e. The van der Waals surface area contributed by atoms with E-state index in [-0.39, 0.29) is 24.3 Å². The molecule has 2 fully saturated rings. The first-order chi connectivity index (χ1) is 18.9. The molecule has 0 saturated carbocycles. The van der Waals surface area contributed by atoms with Gasteiger partial charge in [-0.15, -0.1) is 0 Å². The molecule has 11 heteroatoms. The average Bonchev–Trinajstić information content (AvgIpc) is 3.55. The van der Waals surface area contributed by atoms with Crippen molar-refractivity contribution in [3.05, 3.63) is 53.9 Å². The lowest BCUT2D eigenvalue weighted by atomic mass is 10.1. The minimum atomic E-state index is -0.744. The number of aromatic nitrogens is 1. The van der Waals surface area contributed by atoms with Crippen molar-refractivity contribution in [3.8, 4) is 0 Å². The number of carbonyl (C=O) groups is 3. The number of hydrogen-bond donors (Lipinski definition) is 3. The first-order valence-electron chi connectivity index (χ1n) is 13.3. The van der Waals surface area contributed by atoms with Crippen molar-refractivity contribution >= 4 is 46.2 Å². The van der Waals surface area contributed by atoms with E-state index in [1.165, 1.54) is 6.20 Å². The lowest BCUT2D eigenvalue weighted by molar-refractivity contribution is -0.140. The number of aliphatic imine (C=N–C) groups is 1. The number of nitrogens with two attached hydrogens (primary N) is 1. The number of anilines is 2. The normalized spacial score (nSPS) is 18.3. The fraction of sp³-hybridized carbons (Fsp3) is 0.393. The van der Waals surface area contributed by atoms with Crippen LogP contribution < -0.4 is 16.4 Å². The molecule has 2 aliphatic heterocycles. The van der Waals surface area contributed by atoms with Crippen LogP contribution in [0, 0.1) is 6.92 Å². The number of nitrogens with zero attached hydrogens (tertiary/aromatic N) is 4. The summed E-state index contributed by atoms with van der Waals surface area (Å²) in [4.78, 5) is 51.4. The van der Waals surface area contributed by atoms with Gasteiger partial charge in [0.15, 0.2) is 0 Å². The van der Waals surface area contributed by atoms with Gasteiger partial charge >= 0.3 is 0 Å². The van der Waals surface area contributed by atoms with E-state index < -0.39 is 11.9 Å². The number of hydrogen-bond acceptors (Lipinski definition) is 7. The SMILES string of the molecule is Cc1cc2cc(NC(=NC3CCCCN(CC(=O)N4CCCC4)C3=O)NC(=O)c3ccc(N)nc3)ccc2o1. The van der Waals surface area contributed by atoms with Gasteiger partial charge in [-0.3, -0.25) is 19.7 Å².